The number of aryl methyl sites for hydroxylation is 1. The lowest BCUT2D eigenvalue weighted by atomic mass is 10.1. The van der Waals surface area contributed by atoms with E-state index in [0.717, 1.165) is 16.7 Å². The largest absolute Gasteiger partial charge is 0.467 e. The first-order valence-electron chi connectivity index (χ1n) is 7.75. The van der Waals surface area contributed by atoms with Gasteiger partial charge < -0.3 is 10.1 Å². The van der Waals surface area contributed by atoms with Crippen molar-refractivity contribution in [1.82, 2.24) is 5.32 Å². The highest BCUT2D eigenvalue weighted by molar-refractivity contribution is 5.94. The third-order valence-electron chi connectivity index (χ3n) is 3.59. The molecule has 0 fully saturated rings. The fourth-order valence-corrected chi connectivity index (χ4v) is 2.25. The van der Waals surface area contributed by atoms with Gasteiger partial charge in [0.15, 0.2) is 0 Å². The molecule has 0 aliphatic rings. The lowest BCUT2D eigenvalue weighted by Gasteiger charge is -2.15. The van der Waals surface area contributed by atoms with Gasteiger partial charge in [-0.25, -0.2) is 4.79 Å². The summed E-state index contributed by atoms with van der Waals surface area (Å²) in [7, 11) is 1.31. The first-order valence-corrected chi connectivity index (χ1v) is 7.75. The zero-order valence-corrected chi connectivity index (χ0v) is 13.9. The van der Waals surface area contributed by atoms with Crippen LogP contribution in [0.3, 0.4) is 0 Å². The molecule has 0 radical (unpaired) electrons. The van der Waals surface area contributed by atoms with Crippen molar-refractivity contribution in [3.8, 4) is 0 Å². The van der Waals surface area contributed by atoms with Crippen LogP contribution in [-0.2, 0) is 20.7 Å². The number of carbonyl (C=O) groups excluding carboxylic acids is 2. The minimum absolute atomic E-state index is 0.332. The molecule has 4 heteroatoms. The molecule has 2 aromatic carbocycles. The molecule has 0 spiro atoms. The maximum absolute atomic E-state index is 12.1. The van der Waals surface area contributed by atoms with Crippen LogP contribution >= 0.6 is 0 Å². The monoisotopic (exact) mass is 323 g/mol. The van der Waals surface area contributed by atoms with Crippen LogP contribution in [0.1, 0.15) is 16.7 Å². The van der Waals surface area contributed by atoms with Crippen LogP contribution < -0.4 is 5.32 Å². The van der Waals surface area contributed by atoms with Crippen LogP contribution in [-0.4, -0.2) is 25.0 Å². The molecule has 1 atom stereocenters. The number of esters is 1. The van der Waals surface area contributed by atoms with E-state index in [2.05, 4.69) is 5.32 Å². The van der Waals surface area contributed by atoms with Gasteiger partial charge in [0.1, 0.15) is 6.04 Å². The van der Waals surface area contributed by atoms with Crippen molar-refractivity contribution in [3.63, 3.8) is 0 Å². The van der Waals surface area contributed by atoms with Gasteiger partial charge in [-0.3, -0.25) is 4.79 Å². The van der Waals surface area contributed by atoms with Crippen molar-refractivity contribution in [1.29, 1.82) is 0 Å². The quantitative estimate of drug-likeness (QED) is 0.657. The van der Waals surface area contributed by atoms with E-state index in [9.17, 15) is 9.59 Å². The summed E-state index contributed by atoms with van der Waals surface area (Å²) in [5.74, 6) is -0.794. The SMILES string of the molecule is COC(=O)C(Cc1ccccc1)NC(=O)/C=C/c1ccc(C)cc1. The molecule has 24 heavy (non-hydrogen) atoms. The van der Waals surface area contributed by atoms with Gasteiger partial charge in [-0.1, -0.05) is 60.2 Å². The van der Waals surface area contributed by atoms with Gasteiger partial charge in [0, 0.05) is 12.5 Å². The summed E-state index contributed by atoms with van der Waals surface area (Å²) in [5, 5.41) is 2.70. The molecule has 0 aliphatic heterocycles. The van der Waals surface area contributed by atoms with Crippen molar-refractivity contribution >= 4 is 18.0 Å². The molecule has 1 unspecified atom stereocenters. The summed E-state index contributed by atoms with van der Waals surface area (Å²) in [6, 6.07) is 16.6. The fourth-order valence-electron chi connectivity index (χ4n) is 2.25. The van der Waals surface area contributed by atoms with E-state index in [1.54, 1.807) is 6.08 Å². The Morgan fingerprint density at radius 2 is 1.75 bits per heavy atom. The van der Waals surface area contributed by atoms with E-state index < -0.39 is 12.0 Å². The molecule has 0 aliphatic carbocycles. The second-order valence-electron chi connectivity index (χ2n) is 5.52. The number of carbonyl (C=O) groups is 2. The van der Waals surface area contributed by atoms with Crippen molar-refractivity contribution in [2.75, 3.05) is 7.11 Å². The highest BCUT2D eigenvalue weighted by atomic mass is 16.5. The van der Waals surface area contributed by atoms with Crippen molar-refractivity contribution in [3.05, 3.63) is 77.4 Å². The number of nitrogens with one attached hydrogen (secondary N) is 1. The number of methoxy groups -OCH3 is 1. The Morgan fingerprint density at radius 1 is 1.08 bits per heavy atom. The molecular formula is C20H21NO3. The molecule has 124 valence electrons. The second kappa shape index (κ2) is 8.67. The normalized spacial score (nSPS) is 11.9. The number of amides is 1. The average molecular weight is 323 g/mol. The second-order valence-corrected chi connectivity index (χ2v) is 5.52. The Morgan fingerprint density at radius 3 is 2.38 bits per heavy atom. The minimum Gasteiger partial charge on any atom is -0.467 e. The van der Waals surface area contributed by atoms with Crippen LogP contribution in [0.15, 0.2) is 60.7 Å². The summed E-state index contributed by atoms with van der Waals surface area (Å²) >= 11 is 0. The first-order chi connectivity index (χ1) is 11.6. The van der Waals surface area contributed by atoms with Crippen LogP contribution in [0.25, 0.3) is 6.08 Å². The average Bonchev–Trinajstić information content (AvgIpc) is 2.61. The number of hydrogen-bond acceptors (Lipinski definition) is 3. The Bertz CT molecular complexity index is 705. The van der Waals surface area contributed by atoms with Crippen molar-refractivity contribution in [2.24, 2.45) is 0 Å². The minimum atomic E-state index is -0.715. The number of benzene rings is 2. The summed E-state index contributed by atoms with van der Waals surface area (Å²) in [4.78, 5) is 24.0. The van der Waals surface area contributed by atoms with E-state index >= 15 is 0 Å². The summed E-state index contributed by atoms with van der Waals surface area (Å²) in [6.07, 6.45) is 3.52. The van der Waals surface area contributed by atoms with Gasteiger partial charge in [-0.2, -0.15) is 0 Å². The lowest BCUT2D eigenvalue weighted by Crippen LogP contribution is -2.42. The third-order valence-corrected chi connectivity index (χ3v) is 3.59. The molecule has 0 bridgehead atoms. The van der Waals surface area contributed by atoms with Gasteiger partial charge in [0.25, 0.3) is 0 Å². The molecule has 0 heterocycles. The van der Waals surface area contributed by atoms with Crippen LogP contribution in [0.2, 0.25) is 0 Å². The fraction of sp³-hybridized carbons (Fsp3) is 0.200. The predicted molar refractivity (Wildman–Crippen MR) is 94.3 cm³/mol. The van der Waals surface area contributed by atoms with E-state index in [0.29, 0.717) is 6.42 Å². The molecule has 2 rings (SSSR count). The predicted octanol–water partition coefficient (Wildman–Crippen LogP) is 2.91. The van der Waals surface area contributed by atoms with Gasteiger partial charge >= 0.3 is 5.97 Å². The van der Waals surface area contributed by atoms with Gasteiger partial charge in [-0.05, 0) is 24.1 Å². The summed E-state index contributed by atoms with van der Waals surface area (Å²) in [6.45, 7) is 2.00. The number of rotatable bonds is 6. The molecule has 2 aromatic rings. The standard InChI is InChI=1S/C20H21NO3/c1-15-8-10-16(11-9-15)12-13-19(22)21-18(20(23)24-2)14-17-6-4-3-5-7-17/h3-13,18H,14H2,1-2H3,(H,21,22)/b13-12+. The molecular weight excluding hydrogens is 302 g/mol. The molecule has 1 amide bonds. The molecule has 4 nitrogen and oxygen atoms in total. The number of hydrogen-bond donors (Lipinski definition) is 1. The van der Waals surface area contributed by atoms with E-state index in [1.165, 1.54) is 13.2 Å². The highest BCUT2D eigenvalue weighted by Gasteiger charge is 2.20. The Kier molecular flexibility index (Phi) is 6.32. The Balaban J connectivity index is 2.01. The topological polar surface area (TPSA) is 55.4 Å². The van der Waals surface area contributed by atoms with E-state index in [1.807, 2.05) is 61.5 Å². The maximum Gasteiger partial charge on any atom is 0.328 e. The van der Waals surface area contributed by atoms with Gasteiger partial charge in [-0.15, -0.1) is 0 Å². The van der Waals surface area contributed by atoms with E-state index in [4.69, 9.17) is 4.74 Å². The Labute approximate surface area is 142 Å². The zero-order valence-electron chi connectivity index (χ0n) is 13.9. The first kappa shape index (κ1) is 17.5. The maximum atomic E-state index is 12.1. The molecule has 0 aromatic heterocycles. The number of ether oxygens (including phenoxy) is 1. The van der Waals surface area contributed by atoms with Crippen LogP contribution in [0.4, 0.5) is 0 Å². The highest BCUT2D eigenvalue weighted by Crippen LogP contribution is 2.06. The van der Waals surface area contributed by atoms with Crippen LogP contribution in [0, 0.1) is 6.92 Å². The van der Waals surface area contributed by atoms with Crippen molar-refractivity contribution in [2.45, 2.75) is 19.4 Å². The third kappa shape index (κ3) is 5.39. The summed E-state index contributed by atoms with van der Waals surface area (Å²) in [5.41, 5.74) is 3.04. The lowest BCUT2D eigenvalue weighted by molar-refractivity contribution is -0.144. The van der Waals surface area contributed by atoms with Crippen LogP contribution in [0.5, 0.6) is 0 Å². The summed E-state index contributed by atoms with van der Waals surface area (Å²) < 4.78 is 4.78. The molecule has 0 saturated heterocycles. The molecule has 1 N–H and O–H groups in total. The van der Waals surface area contributed by atoms with E-state index in [-0.39, 0.29) is 5.91 Å². The molecule has 0 saturated carbocycles. The smallest absolute Gasteiger partial charge is 0.328 e. The van der Waals surface area contributed by atoms with Gasteiger partial charge in [0.2, 0.25) is 5.91 Å². The van der Waals surface area contributed by atoms with Crippen molar-refractivity contribution < 1.29 is 14.3 Å². The van der Waals surface area contributed by atoms with Gasteiger partial charge in [0.05, 0.1) is 7.11 Å². The Hall–Kier alpha value is -2.88. The zero-order chi connectivity index (χ0) is 17.4.